The van der Waals surface area contributed by atoms with Crippen molar-refractivity contribution in [2.75, 3.05) is 31.1 Å². The number of carbonyl (C=O) groups is 1. The first-order valence-electron chi connectivity index (χ1n) is 9.08. The lowest BCUT2D eigenvalue weighted by molar-refractivity contribution is -0.123. The molecule has 0 saturated heterocycles. The van der Waals surface area contributed by atoms with Gasteiger partial charge in [-0.05, 0) is 56.2 Å². The number of aryl methyl sites for hydroxylation is 1. The Balaban J connectivity index is 1.90. The fourth-order valence-electron chi connectivity index (χ4n) is 2.41. The number of rotatable bonds is 11. The molecule has 0 bridgehead atoms. The molecule has 2 aromatic rings. The summed E-state index contributed by atoms with van der Waals surface area (Å²) in [6.07, 6.45) is 0.736. The lowest BCUT2D eigenvalue weighted by Gasteiger charge is -2.12. The smallest absolute Gasteiger partial charge is 0.261 e. The van der Waals surface area contributed by atoms with Crippen molar-refractivity contribution in [1.82, 2.24) is 5.32 Å². The predicted molar refractivity (Wildman–Crippen MR) is 108 cm³/mol. The topological polar surface area (TPSA) is 93.7 Å². The van der Waals surface area contributed by atoms with E-state index in [4.69, 9.17) is 9.47 Å². The van der Waals surface area contributed by atoms with Crippen LogP contribution in [0, 0.1) is 6.92 Å². The summed E-state index contributed by atoms with van der Waals surface area (Å²) in [5, 5.41) is 2.74. The van der Waals surface area contributed by atoms with E-state index in [1.165, 1.54) is 12.1 Å². The van der Waals surface area contributed by atoms with E-state index in [0.29, 0.717) is 36.8 Å². The van der Waals surface area contributed by atoms with Gasteiger partial charge in [0.1, 0.15) is 5.75 Å². The van der Waals surface area contributed by atoms with Crippen molar-refractivity contribution in [2.24, 2.45) is 0 Å². The van der Waals surface area contributed by atoms with Gasteiger partial charge in [-0.15, -0.1) is 0 Å². The van der Waals surface area contributed by atoms with Gasteiger partial charge in [-0.3, -0.25) is 9.52 Å². The number of amides is 1. The standard InChI is InChI=1S/C20H26N2O5S/c1-3-26-13-7-12-21-20(23)15-27-19-11-10-18(14-16(19)2)28(24,25)22-17-8-5-4-6-9-17/h4-6,8-11,14,22H,3,7,12-13,15H2,1-2H3,(H,21,23). The normalized spacial score (nSPS) is 11.1. The minimum Gasteiger partial charge on any atom is -0.484 e. The number of hydrogen-bond acceptors (Lipinski definition) is 5. The molecule has 0 aliphatic rings. The molecule has 0 heterocycles. The van der Waals surface area contributed by atoms with Gasteiger partial charge < -0.3 is 14.8 Å². The van der Waals surface area contributed by atoms with Crippen LogP contribution < -0.4 is 14.8 Å². The Bertz CT molecular complexity index is 869. The summed E-state index contributed by atoms with van der Waals surface area (Å²) in [6, 6.07) is 13.2. The van der Waals surface area contributed by atoms with E-state index in [1.807, 2.05) is 13.0 Å². The molecule has 1 amide bonds. The molecule has 0 fully saturated rings. The van der Waals surface area contributed by atoms with Crippen LogP contribution in [0.3, 0.4) is 0 Å². The summed E-state index contributed by atoms with van der Waals surface area (Å²) in [5.41, 5.74) is 1.11. The van der Waals surface area contributed by atoms with Crippen molar-refractivity contribution in [2.45, 2.75) is 25.2 Å². The molecule has 0 radical (unpaired) electrons. The Labute approximate surface area is 166 Å². The summed E-state index contributed by atoms with van der Waals surface area (Å²) in [7, 11) is -3.70. The molecule has 28 heavy (non-hydrogen) atoms. The van der Waals surface area contributed by atoms with Crippen molar-refractivity contribution in [3.05, 3.63) is 54.1 Å². The number of ether oxygens (including phenoxy) is 2. The third-order valence-electron chi connectivity index (χ3n) is 3.83. The van der Waals surface area contributed by atoms with E-state index in [0.717, 1.165) is 6.42 Å². The number of hydrogen-bond donors (Lipinski definition) is 2. The van der Waals surface area contributed by atoms with Gasteiger partial charge >= 0.3 is 0 Å². The van der Waals surface area contributed by atoms with Gasteiger partial charge in [0.15, 0.2) is 6.61 Å². The molecule has 0 unspecified atom stereocenters. The van der Waals surface area contributed by atoms with Crippen molar-refractivity contribution < 1.29 is 22.7 Å². The number of benzene rings is 2. The van der Waals surface area contributed by atoms with Crippen LogP contribution in [0.25, 0.3) is 0 Å². The highest BCUT2D eigenvalue weighted by molar-refractivity contribution is 7.92. The number of nitrogens with one attached hydrogen (secondary N) is 2. The Kier molecular flexibility index (Phi) is 8.28. The first-order chi connectivity index (χ1) is 13.4. The number of sulfonamides is 1. The molecule has 2 N–H and O–H groups in total. The minimum atomic E-state index is -3.70. The monoisotopic (exact) mass is 406 g/mol. The molecule has 0 atom stereocenters. The van der Waals surface area contributed by atoms with Gasteiger partial charge in [0, 0.05) is 25.4 Å². The zero-order valence-electron chi connectivity index (χ0n) is 16.1. The molecular formula is C20H26N2O5S. The van der Waals surface area contributed by atoms with E-state index in [2.05, 4.69) is 10.0 Å². The van der Waals surface area contributed by atoms with E-state index in [1.54, 1.807) is 37.3 Å². The number of anilines is 1. The van der Waals surface area contributed by atoms with Crippen LogP contribution in [0.5, 0.6) is 5.75 Å². The van der Waals surface area contributed by atoms with Gasteiger partial charge in [0.05, 0.1) is 4.90 Å². The Morgan fingerprint density at radius 1 is 1.11 bits per heavy atom. The van der Waals surface area contributed by atoms with E-state index in [9.17, 15) is 13.2 Å². The van der Waals surface area contributed by atoms with Crippen molar-refractivity contribution in [3.8, 4) is 5.75 Å². The van der Waals surface area contributed by atoms with Crippen LogP contribution in [-0.2, 0) is 19.6 Å². The van der Waals surface area contributed by atoms with Gasteiger partial charge in [0.25, 0.3) is 15.9 Å². The second-order valence-corrected chi connectivity index (χ2v) is 7.77. The average Bonchev–Trinajstić information content (AvgIpc) is 2.67. The highest BCUT2D eigenvalue weighted by Gasteiger charge is 2.16. The molecule has 7 nitrogen and oxygen atoms in total. The van der Waals surface area contributed by atoms with Crippen molar-refractivity contribution in [1.29, 1.82) is 0 Å². The zero-order valence-corrected chi connectivity index (χ0v) is 16.9. The third kappa shape index (κ3) is 6.86. The van der Waals surface area contributed by atoms with E-state index in [-0.39, 0.29) is 17.4 Å². The van der Waals surface area contributed by atoms with Crippen LogP contribution >= 0.6 is 0 Å². The van der Waals surface area contributed by atoms with Crippen molar-refractivity contribution in [3.63, 3.8) is 0 Å². The van der Waals surface area contributed by atoms with Gasteiger partial charge in [0.2, 0.25) is 0 Å². The largest absolute Gasteiger partial charge is 0.484 e. The Morgan fingerprint density at radius 2 is 1.86 bits per heavy atom. The van der Waals surface area contributed by atoms with Crippen LogP contribution in [0.2, 0.25) is 0 Å². The lowest BCUT2D eigenvalue weighted by atomic mass is 10.2. The van der Waals surface area contributed by atoms with Gasteiger partial charge in [-0.1, -0.05) is 18.2 Å². The Morgan fingerprint density at radius 3 is 2.54 bits per heavy atom. The number of para-hydroxylation sites is 1. The summed E-state index contributed by atoms with van der Waals surface area (Å²) < 4.78 is 38.2. The molecule has 0 aliphatic heterocycles. The maximum atomic E-state index is 12.5. The second kappa shape index (κ2) is 10.7. The molecule has 2 aromatic carbocycles. The van der Waals surface area contributed by atoms with E-state index >= 15 is 0 Å². The molecule has 0 aliphatic carbocycles. The van der Waals surface area contributed by atoms with Crippen LogP contribution in [0.1, 0.15) is 18.9 Å². The molecule has 8 heteroatoms. The minimum absolute atomic E-state index is 0.126. The fraction of sp³-hybridized carbons (Fsp3) is 0.350. The molecule has 0 spiro atoms. The average molecular weight is 407 g/mol. The Hall–Kier alpha value is -2.58. The second-order valence-electron chi connectivity index (χ2n) is 6.09. The van der Waals surface area contributed by atoms with E-state index < -0.39 is 10.0 Å². The van der Waals surface area contributed by atoms with Gasteiger partial charge in [-0.2, -0.15) is 0 Å². The molecule has 2 rings (SSSR count). The van der Waals surface area contributed by atoms with Crippen LogP contribution in [-0.4, -0.2) is 40.7 Å². The maximum Gasteiger partial charge on any atom is 0.261 e. The predicted octanol–water partition coefficient (Wildman–Crippen LogP) is 2.72. The fourth-order valence-corrected chi connectivity index (χ4v) is 3.56. The SMILES string of the molecule is CCOCCCNC(=O)COc1ccc(S(=O)(=O)Nc2ccccc2)cc1C. The first kappa shape index (κ1) is 21.7. The zero-order chi connectivity index (χ0) is 20.4. The quantitative estimate of drug-likeness (QED) is 0.560. The highest BCUT2D eigenvalue weighted by atomic mass is 32.2. The van der Waals surface area contributed by atoms with Crippen LogP contribution in [0.4, 0.5) is 5.69 Å². The number of carbonyl (C=O) groups excluding carboxylic acids is 1. The van der Waals surface area contributed by atoms with Crippen LogP contribution in [0.15, 0.2) is 53.4 Å². The molecule has 152 valence electrons. The first-order valence-corrected chi connectivity index (χ1v) is 10.6. The van der Waals surface area contributed by atoms with Gasteiger partial charge in [-0.25, -0.2) is 8.42 Å². The lowest BCUT2D eigenvalue weighted by Crippen LogP contribution is -2.30. The molecular weight excluding hydrogens is 380 g/mol. The maximum absolute atomic E-state index is 12.5. The molecule has 0 saturated carbocycles. The third-order valence-corrected chi connectivity index (χ3v) is 5.21. The van der Waals surface area contributed by atoms with Crippen molar-refractivity contribution >= 4 is 21.6 Å². The summed E-state index contributed by atoms with van der Waals surface area (Å²) in [6.45, 7) is 5.29. The summed E-state index contributed by atoms with van der Waals surface area (Å²) in [5.74, 6) is 0.224. The summed E-state index contributed by atoms with van der Waals surface area (Å²) in [4.78, 5) is 11.9. The highest BCUT2D eigenvalue weighted by Crippen LogP contribution is 2.23. The summed E-state index contributed by atoms with van der Waals surface area (Å²) >= 11 is 0. The molecule has 0 aromatic heterocycles.